The fraction of sp³-hybridized carbons (Fsp3) is 0.280. The molecule has 0 saturated heterocycles. The summed E-state index contributed by atoms with van der Waals surface area (Å²) in [6.07, 6.45) is 9.38. The van der Waals surface area contributed by atoms with Gasteiger partial charge in [-0.1, -0.05) is 60.7 Å². The van der Waals surface area contributed by atoms with Gasteiger partial charge in [-0.2, -0.15) is 0 Å². The summed E-state index contributed by atoms with van der Waals surface area (Å²) in [5, 5.41) is 12.6. The number of nitrogens with zero attached hydrogens (tertiary/aromatic N) is 4. The average Bonchev–Trinajstić information content (AvgIpc) is 3.25. The Bertz CT molecular complexity index is 1340. The number of halogens is 2. The van der Waals surface area contributed by atoms with Gasteiger partial charge in [-0.05, 0) is 54.7 Å². The zero-order valence-electron chi connectivity index (χ0n) is 18.2. The smallest absolute Gasteiger partial charge is 0.256 e. The van der Waals surface area contributed by atoms with Crippen LogP contribution in [-0.4, -0.2) is 25.5 Å². The van der Waals surface area contributed by atoms with Crippen LogP contribution in [-0.2, 0) is 0 Å². The molecule has 0 spiro atoms. The van der Waals surface area contributed by atoms with E-state index in [-0.39, 0.29) is 5.91 Å². The van der Waals surface area contributed by atoms with Gasteiger partial charge in [0, 0.05) is 17.7 Å². The van der Waals surface area contributed by atoms with Gasteiger partial charge < -0.3 is 5.32 Å². The molecule has 2 heterocycles. The standard InChI is InChI=1S/C25H23Cl2N5O/c1-15-19(17-10-11-21(26)22(27)12-17)8-5-9-20(15)24(33)29-18-13-28-25-31-30-23(32(25)14-18)16-6-3-2-4-7-16/h5,8-14,16H,2-4,6-7H2,1H3,(H,29,33). The molecule has 4 aromatic rings. The third-order valence-corrected chi connectivity index (χ3v) is 7.07. The number of anilines is 1. The molecule has 0 atom stereocenters. The van der Waals surface area contributed by atoms with E-state index in [9.17, 15) is 4.79 Å². The largest absolute Gasteiger partial charge is 0.319 e. The minimum atomic E-state index is -0.206. The molecule has 0 bridgehead atoms. The summed E-state index contributed by atoms with van der Waals surface area (Å²) in [4.78, 5) is 17.6. The van der Waals surface area contributed by atoms with E-state index >= 15 is 0 Å². The lowest BCUT2D eigenvalue weighted by molar-refractivity contribution is 0.102. The molecule has 1 fully saturated rings. The Labute approximate surface area is 202 Å². The van der Waals surface area contributed by atoms with Crippen LogP contribution in [0.25, 0.3) is 16.9 Å². The highest BCUT2D eigenvalue weighted by Crippen LogP contribution is 2.33. The molecule has 2 aromatic carbocycles. The van der Waals surface area contributed by atoms with Crippen molar-refractivity contribution < 1.29 is 4.79 Å². The minimum Gasteiger partial charge on any atom is -0.319 e. The predicted molar refractivity (Wildman–Crippen MR) is 131 cm³/mol. The molecule has 0 unspecified atom stereocenters. The lowest BCUT2D eigenvalue weighted by Crippen LogP contribution is -2.15. The Morgan fingerprint density at radius 2 is 1.88 bits per heavy atom. The second-order valence-corrected chi connectivity index (χ2v) is 9.28. The summed E-state index contributed by atoms with van der Waals surface area (Å²) >= 11 is 12.3. The van der Waals surface area contributed by atoms with Gasteiger partial charge in [-0.25, -0.2) is 4.98 Å². The van der Waals surface area contributed by atoms with Gasteiger partial charge in [0.15, 0.2) is 0 Å². The van der Waals surface area contributed by atoms with Crippen LogP contribution in [0.4, 0.5) is 5.69 Å². The zero-order valence-corrected chi connectivity index (χ0v) is 19.7. The van der Waals surface area contributed by atoms with Crippen LogP contribution in [0.2, 0.25) is 10.0 Å². The Morgan fingerprint density at radius 1 is 1.06 bits per heavy atom. The molecule has 1 aliphatic carbocycles. The number of aromatic nitrogens is 4. The van der Waals surface area contributed by atoms with Crippen LogP contribution in [0.3, 0.4) is 0 Å². The SMILES string of the molecule is Cc1c(C(=O)Nc2cnc3nnc(C4CCCCC4)n3c2)cccc1-c1ccc(Cl)c(Cl)c1. The van der Waals surface area contributed by atoms with Crippen molar-refractivity contribution in [1.29, 1.82) is 0 Å². The summed E-state index contributed by atoms with van der Waals surface area (Å²) < 4.78 is 1.91. The molecular weight excluding hydrogens is 457 g/mol. The zero-order chi connectivity index (χ0) is 22.9. The van der Waals surface area contributed by atoms with Crippen LogP contribution in [0.5, 0.6) is 0 Å². The number of nitrogens with one attached hydrogen (secondary N) is 1. The molecule has 6 nitrogen and oxygen atoms in total. The highest BCUT2D eigenvalue weighted by atomic mass is 35.5. The number of carbonyl (C=O) groups is 1. The maximum absolute atomic E-state index is 13.2. The third-order valence-electron chi connectivity index (χ3n) is 6.33. The molecular formula is C25H23Cl2N5O. The Kier molecular flexibility index (Phi) is 6.04. The first kappa shape index (κ1) is 21.9. The molecule has 1 amide bonds. The lowest BCUT2D eigenvalue weighted by Gasteiger charge is -2.19. The van der Waals surface area contributed by atoms with Gasteiger partial charge in [0.05, 0.1) is 21.9 Å². The van der Waals surface area contributed by atoms with Crippen molar-refractivity contribution in [3.63, 3.8) is 0 Å². The van der Waals surface area contributed by atoms with Gasteiger partial charge in [0.1, 0.15) is 5.82 Å². The normalized spacial score (nSPS) is 14.5. The number of amides is 1. The first-order chi connectivity index (χ1) is 16.0. The lowest BCUT2D eigenvalue weighted by atomic mass is 9.89. The van der Waals surface area contributed by atoms with E-state index in [0.29, 0.717) is 33.0 Å². The highest BCUT2D eigenvalue weighted by molar-refractivity contribution is 6.42. The second kappa shape index (κ2) is 9.12. The van der Waals surface area contributed by atoms with Crippen molar-refractivity contribution in [1.82, 2.24) is 19.6 Å². The van der Waals surface area contributed by atoms with E-state index in [1.54, 1.807) is 12.3 Å². The van der Waals surface area contributed by atoms with E-state index in [1.165, 1.54) is 19.3 Å². The Morgan fingerprint density at radius 3 is 2.67 bits per heavy atom. The molecule has 0 radical (unpaired) electrons. The number of benzene rings is 2. The van der Waals surface area contributed by atoms with E-state index in [0.717, 1.165) is 35.4 Å². The van der Waals surface area contributed by atoms with Gasteiger partial charge in [0.2, 0.25) is 0 Å². The predicted octanol–water partition coefficient (Wildman–Crippen LogP) is 6.71. The van der Waals surface area contributed by atoms with Crippen LogP contribution >= 0.6 is 23.2 Å². The second-order valence-electron chi connectivity index (χ2n) is 8.47. The van der Waals surface area contributed by atoms with E-state index in [4.69, 9.17) is 23.2 Å². The van der Waals surface area contributed by atoms with E-state index in [1.807, 2.05) is 47.9 Å². The molecule has 168 valence electrons. The number of fused-ring (bicyclic) bond motifs is 1. The average molecular weight is 480 g/mol. The van der Waals surface area contributed by atoms with Crippen molar-refractivity contribution in [2.45, 2.75) is 44.9 Å². The third kappa shape index (κ3) is 4.33. The van der Waals surface area contributed by atoms with Crippen molar-refractivity contribution in [3.8, 4) is 11.1 Å². The molecule has 5 rings (SSSR count). The van der Waals surface area contributed by atoms with Gasteiger partial charge in [-0.3, -0.25) is 9.20 Å². The number of rotatable bonds is 4. The van der Waals surface area contributed by atoms with Gasteiger partial charge in [0.25, 0.3) is 11.7 Å². The number of carbonyl (C=O) groups excluding carboxylic acids is 1. The van der Waals surface area contributed by atoms with Crippen molar-refractivity contribution in [3.05, 3.63) is 75.8 Å². The van der Waals surface area contributed by atoms with Crippen molar-refractivity contribution >= 4 is 40.6 Å². The van der Waals surface area contributed by atoms with Crippen LogP contribution < -0.4 is 5.32 Å². The van der Waals surface area contributed by atoms with Crippen molar-refractivity contribution in [2.24, 2.45) is 0 Å². The maximum atomic E-state index is 13.2. The van der Waals surface area contributed by atoms with Crippen LogP contribution in [0, 0.1) is 6.92 Å². The maximum Gasteiger partial charge on any atom is 0.256 e. The first-order valence-electron chi connectivity index (χ1n) is 11.1. The highest BCUT2D eigenvalue weighted by Gasteiger charge is 2.22. The Balaban J connectivity index is 1.43. The summed E-state index contributed by atoms with van der Waals surface area (Å²) in [7, 11) is 0. The quantitative estimate of drug-likeness (QED) is 0.353. The topological polar surface area (TPSA) is 72.2 Å². The molecule has 1 aliphatic rings. The number of hydrogen-bond donors (Lipinski definition) is 1. The van der Waals surface area contributed by atoms with Crippen LogP contribution in [0.1, 0.15) is 59.8 Å². The fourth-order valence-electron chi connectivity index (χ4n) is 4.57. The molecule has 1 saturated carbocycles. The van der Waals surface area contributed by atoms with Crippen molar-refractivity contribution in [2.75, 3.05) is 5.32 Å². The summed E-state index contributed by atoms with van der Waals surface area (Å²) in [6.45, 7) is 1.93. The van der Waals surface area contributed by atoms with E-state index < -0.39 is 0 Å². The summed E-state index contributed by atoms with van der Waals surface area (Å²) in [5.74, 6) is 1.65. The van der Waals surface area contributed by atoms with Gasteiger partial charge >= 0.3 is 0 Å². The minimum absolute atomic E-state index is 0.206. The number of hydrogen-bond acceptors (Lipinski definition) is 4. The fourth-order valence-corrected chi connectivity index (χ4v) is 4.86. The molecule has 8 heteroatoms. The summed E-state index contributed by atoms with van der Waals surface area (Å²) in [5.41, 5.74) is 3.86. The summed E-state index contributed by atoms with van der Waals surface area (Å²) in [6, 6.07) is 11.1. The van der Waals surface area contributed by atoms with Gasteiger partial charge in [-0.15, -0.1) is 10.2 Å². The monoisotopic (exact) mass is 479 g/mol. The Hall–Kier alpha value is -2.96. The first-order valence-corrected chi connectivity index (χ1v) is 11.8. The molecule has 1 N–H and O–H groups in total. The molecule has 2 aromatic heterocycles. The van der Waals surface area contributed by atoms with Crippen LogP contribution in [0.15, 0.2) is 48.8 Å². The molecule has 33 heavy (non-hydrogen) atoms. The van der Waals surface area contributed by atoms with E-state index in [2.05, 4.69) is 20.5 Å². The molecule has 0 aliphatic heterocycles.